The third kappa shape index (κ3) is 5.19. The molecule has 1 aromatic rings. The third-order valence-electron chi connectivity index (χ3n) is 3.85. The average Bonchev–Trinajstić information content (AvgIpc) is 2.49. The van der Waals surface area contributed by atoms with Gasteiger partial charge in [-0.25, -0.2) is 0 Å². The summed E-state index contributed by atoms with van der Waals surface area (Å²) in [6.07, 6.45) is 1.38. The van der Waals surface area contributed by atoms with Gasteiger partial charge in [-0.3, -0.25) is 9.59 Å². The number of methoxy groups -OCH3 is 1. The second-order valence-corrected chi connectivity index (χ2v) is 6.87. The highest BCUT2D eigenvalue weighted by Crippen LogP contribution is 2.30. The Kier molecular flexibility index (Phi) is 6.21. The van der Waals surface area contributed by atoms with Crippen molar-refractivity contribution in [3.8, 4) is 0 Å². The summed E-state index contributed by atoms with van der Waals surface area (Å²) in [6, 6.07) is 4.97. The van der Waals surface area contributed by atoms with E-state index in [9.17, 15) is 9.59 Å². The number of halogens is 1. The number of rotatable bonds is 5. The number of ether oxygens (including phenoxy) is 2. The summed E-state index contributed by atoms with van der Waals surface area (Å²) in [5, 5.41) is 5.87. The van der Waals surface area contributed by atoms with E-state index < -0.39 is 0 Å². The number of nitrogens with one attached hydrogen (secondary N) is 2. The minimum absolute atomic E-state index is 0.0430. The fourth-order valence-corrected chi connectivity index (χ4v) is 2.94. The van der Waals surface area contributed by atoms with Crippen molar-refractivity contribution in [2.75, 3.05) is 31.0 Å². The topological polar surface area (TPSA) is 76.7 Å². The van der Waals surface area contributed by atoms with Crippen LogP contribution in [0.2, 0.25) is 5.02 Å². The predicted octanol–water partition coefficient (Wildman–Crippen LogP) is 3.07. The van der Waals surface area contributed by atoms with E-state index in [0.29, 0.717) is 35.8 Å². The van der Waals surface area contributed by atoms with Gasteiger partial charge in [0.05, 0.1) is 16.3 Å². The average molecular weight is 355 g/mol. The van der Waals surface area contributed by atoms with E-state index in [4.69, 9.17) is 21.1 Å². The summed E-state index contributed by atoms with van der Waals surface area (Å²) < 4.78 is 10.4. The lowest BCUT2D eigenvalue weighted by Gasteiger charge is -2.34. The molecule has 0 aromatic heterocycles. The van der Waals surface area contributed by atoms with Crippen LogP contribution in [0.4, 0.5) is 11.4 Å². The molecular formula is C17H23ClN2O4. The first kappa shape index (κ1) is 18.7. The Hall–Kier alpha value is -1.63. The van der Waals surface area contributed by atoms with E-state index in [1.54, 1.807) is 18.2 Å². The molecule has 1 aliphatic heterocycles. The van der Waals surface area contributed by atoms with Crippen molar-refractivity contribution in [2.24, 2.45) is 5.92 Å². The fraction of sp³-hybridized carbons (Fsp3) is 0.529. The molecule has 1 unspecified atom stereocenters. The van der Waals surface area contributed by atoms with Gasteiger partial charge in [0.1, 0.15) is 6.61 Å². The van der Waals surface area contributed by atoms with Crippen molar-refractivity contribution >= 4 is 34.8 Å². The number of benzene rings is 1. The zero-order valence-electron chi connectivity index (χ0n) is 14.1. The molecule has 0 aliphatic carbocycles. The van der Waals surface area contributed by atoms with Crippen molar-refractivity contribution in [1.82, 2.24) is 0 Å². The van der Waals surface area contributed by atoms with Crippen LogP contribution in [0.25, 0.3) is 0 Å². The Labute approximate surface area is 146 Å². The molecular weight excluding hydrogens is 332 g/mol. The summed E-state index contributed by atoms with van der Waals surface area (Å²) in [5.74, 6) is -0.423. The number of amides is 2. The van der Waals surface area contributed by atoms with Crippen LogP contribution >= 0.6 is 11.6 Å². The number of hydrogen-bond acceptors (Lipinski definition) is 4. The van der Waals surface area contributed by atoms with Crippen LogP contribution in [0, 0.1) is 5.92 Å². The van der Waals surface area contributed by atoms with Gasteiger partial charge in [-0.2, -0.15) is 0 Å². The van der Waals surface area contributed by atoms with Crippen molar-refractivity contribution in [3.63, 3.8) is 0 Å². The molecule has 2 amide bonds. The van der Waals surface area contributed by atoms with Crippen LogP contribution < -0.4 is 10.6 Å². The van der Waals surface area contributed by atoms with Gasteiger partial charge >= 0.3 is 0 Å². The van der Waals surface area contributed by atoms with Crippen LogP contribution in [0.1, 0.15) is 26.7 Å². The van der Waals surface area contributed by atoms with Crippen molar-refractivity contribution in [1.29, 1.82) is 0 Å². The first-order chi connectivity index (χ1) is 11.3. The third-order valence-corrected chi connectivity index (χ3v) is 4.17. The highest BCUT2D eigenvalue weighted by Gasteiger charge is 2.32. The molecule has 1 saturated heterocycles. The highest BCUT2D eigenvalue weighted by atomic mass is 35.5. The van der Waals surface area contributed by atoms with Gasteiger partial charge in [-0.05, 0) is 44.9 Å². The van der Waals surface area contributed by atoms with Crippen LogP contribution in [-0.4, -0.2) is 37.7 Å². The minimum Gasteiger partial charge on any atom is -0.376 e. The van der Waals surface area contributed by atoms with E-state index in [2.05, 4.69) is 10.6 Å². The molecule has 0 saturated carbocycles. The first-order valence-electron chi connectivity index (χ1n) is 7.84. The molecule has 1 aromatic carbocycles. The SMILES string of the molecule is COCC(=O)Nc1ccc(NC(=O)C2CCOC(C)(C)C2)cc1Cl. The van der Waals surface area contributed by atoms with Crippen LogP contribution in [0.3, 0.4) is 0 Å². The highest BCUT2D eigenvalue weighted by molar-refractivity contribution is 6.34. The zero-order valence-corrected chi connectivity index (χ0v) is 14.9. The van der Waals surface area contributed by atoms with E-state index in [-0.39, 0.29) is 29.9 Å². The van der Waals surface area contributed by atoms with Crippen molar-refractivity contribution in [2.45, 2.75) is 32.3 Å². The molecule has 2 rings (SSSR count). The first-order valence-corrected chi connectivity index (χ1v) is 8.22. The molecule has 6 nitrogen and oxygen atoms in total. The van der Waals surface area contributed by atoms with Crippen LogP contribution in [0.5, 0.6) is 0 Å². The summed E-state index contributed by atoms with van der Waals surface area (Å²) in [6.45, 7) is 4.51. The lowest BCUT2D eigenvalue weighted by Crippen LogP contribution is -2.39. The molecule has 1 fully saturated rings. The molecule has 1 aliphatic rings. The lowest BCUT2D eigenvalue weighted by atomic mass is 9.88. The van der Waals surface area contributed by atoms with Gasteiger partial charge in [0.2, 0.25) is 11.8 Å². The molecule has 7 heteroatoms. The van der Waals surface area contributed by atoms with Crippen molar-refractivity contribution in [3.05, 3.63) is 23.2 Å². The Morgan fingerprint density at radius 2 is 2.12 bits per heavy atom. The maximum absolute atomic E-state index is 12.4. The molecule has 0 radical (unpaired) electrons. The quantitative estimate of drug-likeness (QED) is 0.852. The van der Waals surface area contributed by atoms with Crippen LogP contribution in [0.15, 0.2) is 18.2 Å². The molecule has 0 spiro atoms. The Morgan fingerprint density at radius 3 is 2.75 bits per heavy atom. The van der Waals surface area contributed by atoms with Crippen LogP contribution in [-0.2, 0) is 19.1 Å². The Morgan fingerprint density at radius 1 is 1.38 bits per heavy atom. The van der Waals surface area contributed by atoms with Gasteiger partial charge in [-0.1, -0.05) is 11.6 Å². The number of carbonyl (C=O) groups excluding carboxylic acids is 2. The lowest BCUT2D eigenvalue weighted by molar-refractivity contribution is -0.130. The molecule has 1 atom stereocenters. The van der Waals surface area contributed by atoms with E-state index in [1.165, 1.54) is 7.11 Å². The fourth-order valence-electron chi connectivity index (χ4n) is 2.71. The normalized spacial score (nSPS) is 19.6. The zero-order chi connectivity index (χ0) is 17.7. The van der Waals surface area contributed by atoms with Gasteiger partial charge < -0.3 is 20.1 Å². The van der Waals surface area contributed by atoms with E-state index >= 15 is 0 Å². The maximum Gasteiger partial charge on any atom is 0.250 e. The smallest absolute Gasteiger partial charge is 0.250 e. The molecule has 132 valence electrons. The standard InChI is InChI=1S/C17H23ClN2O4/c1-17(2)9-11(6-7-24-17)16(22)19-12-4-5-14(13(18)8-12)20-15(21)10-23-3/h4-5,8,11H,6-7,9-10H2,1-3H3,(H,19,22)(H,20,21). The summed E-state index contributed by atoms with van der Waals surface area (Å²) in [7, 11) is 1.44. The van der Waals surface area contributed by atoms with Gasteiger partial charge in [0.25, 0.3) is 0 Å². The summed E-state index contributed by atoms with van der Waals surface area (Å²) in [4.78, 5) is 23.9. The number of anilines is 2. The van der Waals surface area contributed by atoms with E-state index in [0.717, 1.165) is 0 Å². The van der Waals surface area contributed by atoms with Crippen molar-refractivity contribution < 1.29 is 19.1 Å². The second-order valence-electron chi connectivity index (χ2n) is 6.46. The van der Waals surface area contributed by atoms with Gasteiger partial charge in [0.15, 0.2) is 0 Å². The molecule has 2 N–H and O–H groups in total. The predicted molar refractivity (Wildman–Crippen MR) is 93.3 cm³/mol. The molecule has 24 heavy (non-hydrogen) atoms. The summed E-state index contributed by atoms with van der Waals surface area (Å²) in [5.41, 5.74) is 0.788. The van der Waals surface area contributed by atoms with Gasteiger partial charge in [-0.15, -0.1) is 0 Å². The minimum atomic E-state index is -0.291. The number of hydrogen-bond donors (Lipinski definition) is 2. The molecule has 1 heterocycles. The largest absolute Gasteiger partial charge is 0.376 e. The summed E-state index contributed by atoms with van der Waals surface area (Å²) >= 11 is 6.16. The number of carbonyl (C=O) groups is 2. The maximum atomic E-state index is 12.4. The second kappa shape index (κ2) is 7.96. The van der Waals surface area contributed by atoms with Gasteiger partial charge in [0, 0.05) is 25.3 Å². The Balaban J connectivity index is 1.99. The Bertz CT molecular complexity index is 619. The van der Waals surface area contributed by atoms with E-state index in [1.807, 2.05) is 13.8 Å². The monoisotopic (exact) mass is 354 g/mol. The molecule has 0 bridgehead atoms.